The number of hydrogen-bond acceptors (Lipinski definition) is 3. The SMILES string of the molecule is CC(C)C(N)CN(C)Cc1cc(Br)cs1. The minimum absolute atomic E-state index is 0.262. The van der Waals surface area contributed by atoms with Gasteiger partial charge in [0.1, 0.15) is 0 Å². The Kier molecular flexibility index (Phi) is 5.26. The first-order chi connectivity index (χ1) is 6.99. The molecule has 1 rings (SSSR count). The Balaban J connectivity index is 2.39. The molecule has 2 nitrogen and oxygen atoms in total. The maximum absolute atomic E-state index is 6.03. The standard InChI is InChI=1S/C11H19BrN2S/c1-8(2)11(13)6-14(3)5-10-4-9(12)7-15-10/h4,7-8,11H,5-6,13H2,1-3H3. The lowest BCUT2D eigenvalue weighted by Gasteiger charge is -2.23. The van der Waals surface area contributed by atoms with Gasteiger partial charge in [-0.25, -0.2) is 0 Å². The Morgan fingerprint density at radius 3 is 2.67 bits per heavy atom. The third kappa shape index (κ3) is 4.64. The molecule has 1 heterocycles. The van der Waals surface area contributed by atoms with Crippen LogP contribution >= 0.6 is 27.3 Å². The molecule has 0 radical (unpaired) electrons. The number of rotatable bonds is 5. The number of nitrogens with zero attached hydrogens (tertiary/aromatic N) is 1. The zero-order chi connectivity index (χ0) is 11.4. The van der Waals surface area contributed by atoms with E-state index in [1.807, 2.05) is 0 Å². The summed E-state index contributed by atoms with van der Waals surface area (Å²) in [6.45, 7) is 6.27. The van der Waals surface area contributed by atoms with Gasteiger partial charge in [-0.05, 0) is 35.0 Å². The molecule has 0 fully saturated rings. The monoisotopic (exact) mass is 290 g/mol. The minimum atomic E-state index is 0.262. The molecule has 0 bridgehead atoms. The Hall–Kier alpha value is 0.1000. The van der Waals surface area contributed by atoms with Crippen LogP contribution in [0.4, 0.5) is 0 Å². The van der Waals surface area contributed by atoms with Crippen molar-refractivity contribution >= 4 is 27.3 Å². The lowest BCUT2D eigenvalue weighted by atomic mass is 10.1. The van der Waals surface area contributed by atoms with Crippen molar-refractivity contribution in [3.05, 3.63) is 20.8 Å². The molecule has 15 heavy (non-hydrogen) atoms. The average molecular weight is 291 g/mol. The van der Waals surface area contributed by atoms with Crippen molar-refractivity contribution in [3.63, 3.8) is 0 Å². The molecule has 0 aliphatic heterocycles. The van der Waals surface area contributed by atoms with Crippen molar-refractivity contribution in [1.82, 2.24) is 4.90 Å². The number of halogens is 1. The van der Waals surface area contributed by atoms with E-state index in [2.05, 4.69) is 53.2 Å². The van der Waals surface area contributed by atoms with E-state index in [-0.39, 0.29) is 6.04 Å². The molecule has 0 aliphatic rings. The summed E-state index contributed by atoms with van der Waals surface area (Å²) in [5, 5.41) is 2.12. The lowest BCUT2D eigenvalue weighted by Crippen LogP contribution is -2.38. The van der Waals surface area contributed by atoms with Crippen LogP contribution in [0.1, 0.15) is 18.7 Å². The van der Waals surface area contributed by atoms with Gasteiger partial charge >= 0.3 is 0 Å². The summed E-state index contributed by atoms with van der Waals surface area (Å²) in [7, 11) is 2.12. The second kappa shape index (κ2) is 5.99. The Morgan fingerprint density at radius 2 is 2.20 bits per heavy atom. The molecule has 1 aromatic rings. The quantitative estimate of drug-likeness (QED) is 0.904. The highest BCUT2D eigenvalue weighted by atomic mass is 79.9. The summed E-state index contributed by atoms with van der Waals surface area (Å²) in [5.74, 6) is 0.544. The Morgan fingerprint density at radius 1 is 1.53 bits per heavy atom. The largest absolute Gasteiger partial charge is 0.326 e. The average Bonchev–Trinajstić information content (AvgIpc) is 2.50. The summed E-state index contributed by atoms with van der Waals surface area (Å²) < 4.78 is 1.17. The van der Waals surface area contributed by atoms with Gasteiger partial charge in [0.2, 0.25) is 0 Å². The van der Waals surface area contributed by atoms with Crippen LogP contribution in [0.15, 0.2) is 15.9 Å². The van der Waals surface area contributed by atoms with Crippen molar-refractivity contribution in [1.29, 1.82) is 0 Å². The van der Waals surface area contributed by atoms with Crippen LogP contribution in [0.2, 0.25) is 0 Å². The third-order valence-corrected chi connectivity index (χ3v) is 4.11. The van der Waals surface area contributed by atoms with Crippen LogP contribution in [-0.4, -0.2) is 24.5 Å². The zero-order valence-corrected chi connectivity index (χ0v) is 11.9. The highest BCUT2D eigenvalue weighted by Gasteiger charge is 2.11. The third-order valence-electron chi connectivity index (χ3n) is 2.43. The molecule has 0 saturated carbocycles. The fourth-order valence-electron chi connectivity index (χ4n) is 1.34. The predicted octanol–water partition coefficient (Wildman–Crippen LogP) is 2.93. The Bertz CT molecular complexity index is 299. The van der Waals surface area contributed by atoms with E-state index in [9.17, 15) is 0 Å². The van der Waals surface area contributed by atoms with Crippen molar-refractivity contribution < 1.29 is 0 Å². The maximum Gasteiger partial charge on any atom is 0.0325 e. The number of hydrogen-bond donors (Lipinski definition) is 1. The minimum Gasteiger partial charge on any atom is -0.326 e. The van der Waals surface area contributed by atoms with Crippen molar-refractivity contribution in [2.75, 3.05) is 13.6 Å². The van der Waals surface area contributed by atoms with E-state index < -0.39 is 0 Å². The zero-order valence-electron chi connectivity index (χ0n) is 9.53. The summed E-state index contributed by atoms with van der Waals surface area (Å²) in [6, 6.07) is 2.43. The first kappa shape index (κ1) is 13.2. The van der Waals surface area contributed by atoms with Gasteiger partial charge in [-0.3, -0.25) is 4.90 Å². The second-order valence-electron chi connectivity index (χ2n) is 4.34. The molecule has 0 spiro atoms. The van der Waals surface area contributed by atoms with Crippen LogP contribution in [0, 0.1) is 5.92 Å². The van der Waals surface area contributed by atoms with E-state index in [4.69, 9.17) is 5.73 Å². The van der Waals surface area contributed by atoms with E-state index in [1.165, 1.54) is 9.35 Å². The second-order valence-corrected chi connectivity index (χ2v) is 6.25. The smallest absolute Gasteiger partial charge is 0.0325 e. The molecule has 0 amide bonds. The summed E-state index contributed by atoms with van der Waals surface area (Å²) >= 11 is 5.25. The molecule has 0 aromatic carbocycles. The van der Waals surface area contributed by atoms with Crippen molar-refractivity contribution in [2.24, 2.45) is 11.7 Å². The van der Waals surface area contributed by atoms with E-state index >= 15 is 0 Å². The van der Waals surface area contributed by atoms with Gasteiger partial charge in [-0.2, -0.15) is 0 Å². The molecule has 1 atom stereocenters. The van der Waals surface area contributed by atoms with Crippen molar-refractivity contribution in [2.45, 2.75) is 26.4 Å². The first-order valence-electron chi connectivity index (χ1n) is 5.16. The van der Waals surface area contributed by atoms with E-state index in [1.54, 1.807) is 11.3 Å². The van der Waals surface area contributed by atoms with Gasteiger partial charge in [-0.15, -0.1) is 11.3 Å². The van der Waals surface area contributed by atoms with Gasteiger partial charge in [0.05, 0.1) is 0 Å². The molecule has 86 valence electrons. The van der Waals surface area contributed by atoms with Gasteiger partial charge in [0.15, 0.2) is 0 Å². The summed E-state index contributed by atoms with van der Waals surface area (Å²) in [4.78, 5) is 3.66. The molecular weight excluding hydrogens is 272 g/mol. The molecule has 4 heteroatoms. The highest BCUT2D eigenvalue weighted by Crippen LogP contribution is 2.20. The molecule has 2 N–H and O–H groups in total. The lowest BCUT2D eigenvalue weighted by molar-refractivity contribution is 0.278. The highest BCUT2D eigenvalue weighted by molar-refractivity contribution is 9.10. The summed E-state index contributed by atoms with van der Waals surface area (Å²) in [5.41, 5.74) is 6.03. The van der Waals surface area contributed by atoms with Gasteiger partial charge < -0.3 is 5.73 Å². The fraction of sp³-hybridized carbons (Fsp3) is 0.636. The van der Waals surface area contributed by atoms with E-state index in [0.717, 1.165) is 13.1 Å². The van der Waals surface area contributed by atoms with Crippen LogP contribution in [0.3, 0.4) is 0 Å². The molecule has 1 unspecified atom stereocenters. The van der Waals surface area contributed by atoms with Crippen LogP contribution in [-0.2, 0) is 6.54 Å². The maximum atomic E-state index is 6.03. The number of thiophene rings is 1. The van der Waals surface area contributed by atoms with E-state index in [0.29, 0.717) is 5.92 Å². The van der Waals surface area contributed by atoms with Gasteiger partial charge in [0, 0.05) is 33.9 Å². The van der Waals surface area contributed by atoms with Crippen LogP contribution < -0.4 is 5.73 Å². The fourth-order valence-corrected chi connectivity index (χ4v) is 2.87. The molecule has 1 aromatic heterocycles. The van der Waals surface area contributed by atoms with Crippen LogP contribution in [0.5, 0.6) is 0 Å². The number of nitrogens with two attached hydrogens (primary N) is 1. The molecule has 0 aliphatic carbocycles. The number of likely N-dealkylation sites (N-methyl/N-ethyl adjacent to an activating group) is 1. The van der Waals surface area contributed by atoms with Gasteiger partial charge in [0.25, 0.3) is 0 Å². The molecular formula is C11H19BrN2S. The van der Waals surface area contributed by atoms with Gasteiger partial charge in [-0.1, -0.05) is 13.8 Å². The predicted molar refractivity (Wildman–Crippen MR) is 71.2 cm³/mol. The Labute approximate surface area is 105 Å². The summed E-state index contributed by atoms with van der Waals surface area (Å²) in [6.07, 6.45) is 0. The van der Waals surface area contributed by atoms with Crippen LogP contribution in [0.25, 0.3) is 0 Å². The molecule has 0 saturated heterocycles. The first-order valence-corrected chi connectivity index (χ1v) is 6.83. The topological polar surface area (TPSA) is 29.3 Å². The normalized spacial score (nSPS) is 13.8. The van der Waals surface area contributed by atoms with Crippen molar-refractivity contribution in [3.8, 4) is 0 Å².